The summed E-state index contributed by atoms with van der Waals surface area (Å²) in [6.45, 7) is 3.97. The van der Waals surface area contributed by atoms with Crippen LogP contribution in [0.5, 0.6) is 5.75 Å². The van der Waals surface area contributed by atoms with Gasteiger partial charge in [-0.05, 0) is 29.9 Å². The van der Waals surface area contributed by atoms with Crippen molar-refractivity contribution >= 4 is 11.9 Å². The maximum atomic E-state index is 13.8. The van der Waals surface area contributed by atoms with Gasteiger partial charge in [-0.25, -0.2) is 13.6 Å². The number of esters is 1. The third kappa shape index (κ3) is 5.10. The summed E-state index contributed by atoms with van der Waals surface area (Å²) in [5.74, 6) is -4.44. The largest absolute Gasteiger partial charge is 0.508 e. The number of halogens is 2. The minimum absolute atomic E-state index is 0.0770. The fourth-order valence-electron chi connectivity index (χ4n) is 3.05. The number of hydrogen-bond donors (Lipinski definition) is 1. The van der Waals surface area contributed by atoms with Crippen molar-refractivity contribution in [3.63, 3.8) is 0 Å². The summed E-state index contributed by atoms with van der Waals surface area (Å²) in [5, 5.41) is 9.15. The summed E-state index contributed by atoms with van der Waals surface area (Å²) < 4.78 is 32.4. The van der Waals surface area contributed by atoms with Crippen molar-refractivity contribution < 1.29 is 28.2 Å². The van der Waals surface area contributed by atoms with Crippen LogP contribution in [0.25, 0.3) is 0 Å². The molecule has 2 aromatic carbocycles. The van der Waals surface area contributed by atoms with E-state index in [0.717, 1.165) is 18.4 Å². The van der Waals surface area contributed by atoms with Crippen molar-refractivity contribution in [1.82, 2.24) is 4.90 Å². The lowest BCUT2D eigenvalue weighted by molar-refractivity contribution is -0.135. The molecule has 1 saturated carbocycles. The van der Waals surface area contributed by atoms with E-state index < -0.39 is 41.4 Å². The molecule has 0 heterocycles. The number of carbonyl (C=O) groups is 2. The van der Waals surface area contributed by atoms with Crippen LogP contribution in [0.1, 0.15) is 54.1 Å². The van der Waals surface area contributed by atoms with E-state index in [1.54, 1.807) is 4.90 Å². The molecule has 0 aromatic heterocycles. The fraction of sp³-hybridized carbons (Fsp3) is 0.364. The zero-order chi connectivity index (χ0) is 21.1. The molecule has 5 nitrogen and oxygen atoms in total. The Kier molecular flexibility index (Phi) is 6.15. The van der Waals surface area contributed by atoms with Crippen molar-refractivity contribution in [3.05, 3.63) is 64.7 Å². The standard InChI is InChI=1S/C22H23F2NO4/c1-13(2)15-5-3-14(4-6-15)11-25(16-7-8-16)20(27)12-29-22(28)21-18(23)9-17(26)10-19(21)24/h3-6,9-10,13,16,26H,7-8,11-12H2,1-2H3. The highest BCUT2D eigenvalue weighted by Gasteiger charge is 2.33. The molecule has 0 radical (unpaired) electrons. The Bertz CT molecular complexity index is 885. The Labute approximate surface area is 167 Å². The topological polar surface area (TPSA) is 66.8 Å². The maximum Gasteiger partial charge on any atom is 0.344 e. The lowest BCUT2D eigenvalue weighted by Gasteiger charge is -2.22. The van der Waals surface area contributed by atoms with Crippen molar-refractivity contribution in [2.75, 3.05) is 6.61 Å². The molecule has 0 atom stereocenters. The summed E-state index contributed by atoms with van der Waals surface area (Å²) in [4.78, 5) is 26.2. The SMILES string of the molecule is CC(C)c1ccc(CN(C(=O)COC(=O)c2c(F)cc(O)cc2F)C2CC2)cc1. The van der Waals surface area contributed by atoms with Crippen molar-refractivity contribution in [3.8, 4) is 5.75 Å². The van der Waals surface area contributed by atoms with Gasteiger partial charge in [-0.2, -0.15) is 0 Å². The smallest absolute Gasteiger partial charge is 0.344 e. The average molecular weight is 403 g/mol. The molecule has 0 aliphatic heterocycles. The minimum atomic E-state index is -1.29. The van der Waals surface area contributed by atoms with Gasteiger partial charge in [0.1, 0.15) is 22.9 Å². The Morgan fingerprint density at radius 1 is 1.14 bits per heavy atom. The first-order valence-corrected chi connectivity index (χ1v) is 9.49. The first-order chi connectivity index (χ1) is 13.8. The number of hydrogen-bond acceptors (Lipinski definition) is 4. The van der Waals surface area contributed by atoms with E-state index in [0.29, 0.717) is 24.6 Å². The van der Waals surface area contributed by atoms with Crippen LogP contribution in [-0.2, 0) is 16.1 Å². The van der Waals surface area contributed by atoms with Gasteiger partial charge in [0.05, 0.1) is 0 Å². The summed E-state index contributed by atoms with van der Waals surface area (Å²) in [5.41, 5.74) is 1.22. The molecule has 1 aliphatic carbocycles. The monoisotopic (exact) mass is 403 g/mol. The molecule has 29 heavy (non-hydrogen) atoms. The molecule has 154 valence electrons. The van der Waals surface area contributed by atoms with Crippen molar-refractivity contribution in [1.29, 1.82) is 0 Å². The van der Waals surface area contributed by atoms with E-state index in [9.17, 15) is 18.4 Å². The molecule has 1 N–H and O–H groups in total. The molecule has 0 bridgehead atoms. The van der Waals surface area contributed by atoms with E-state index in [2.05, 4.69) is 13.8 Å². The molecular weight excluding hydrogens is 380 g/mol. The van der Waals surface area contributed by atoms with Gasteiger partial charge in [-0.15, -0.1) is 0 Å². The second kappa shape index (κ2) is 8.59. The molecular formula is C22H23F2NO4. The highest BCUT2D eigenvalue weighted by Crippen LogP contribution is 2.29. The van der Waals surface area contributed by atoms with Crippen LogP contribution in [-0.4, -0.2) is 34.5 Å². The first kappa shape index (κ1) is 20.8. The van der Waals surface area contributed by atoms with Crippen LogP contribution in [0.2, 0.25) is 0 Å². The third-order valence-corrected chi connectivity index (χ3v) is 4.87. The molecule has 0 unspecified atom stereocenters. The number of nitrogens with zero attached hydrogens (tertiary/aromatic N) is 1. The molecule has 1 amide bonds. The van der Waals surface area contributed by atoms with Crippen LogP contribution < -0.4 is 0 Å². The maximum absolute atomic E-state index is 13.8. The predicted molar refractivity (Wildman–Crippen MR) is 102 cm³/mol. The fourth-order valence-corrected chi connectivity index (χ4v) is 3.05. The van der Waals surface area contributed by atoms with Crippen LogP contribution >= 0.6 is 0 Å². The van der Waals surface area contributed by atoms with Gasteiger partial charge < -0.3 is 14.7 Å². The molecule has 0 saturated heterocycles. The first-order valence-electron chi connectivity index (χ1n) is 9.49. The second-order valence-corrected chi connectivity index (χ2v) is 7.51. The third-order valence-electron chi connectivity index (χ3n) is 4.87. The number of phenols is 1. The van der Waals surface area contributed by atoms with Gasteiger partial charge in [0.2, 0.25) is 0 Å². The number of ether oxygens (including phenoxy) is 1. The highest BCUT2D eigenvalue weighted by atomic mass is 19.1. The molecule has 1 fully saturated rings. The van der Waals surface area contributed by atoms with E-state index in [4.69, 9.17) is 9.84 Å². The zero-order valence-corrected chi connectivity index (χ0v) is 16.3. The molecule has 0 spiro atoms. The van der Waals surface area contributed by atoms with E-state index in [-0.39, 0.29) is 6.04 Å². The van der Waals surface area contributed by atoms with Crippen LogP contribution in [0, 0.1) is 11.6 Å². The van der Waals surface area contributed by atoms with Crippen molar-refractivity contribution in [2.24, 2.45) is 0 Å². The molecule has 3 rings (SSSR count). The summed E-state index contributed by atoms with van der Waals surface area (Å²) in [7, 11) is 0. The summed E-state index contributed by atoms with van der Waals surface area (Å²) >= 11 is 0. The van der Waals surface area contributed by atoms with Gasteiger partial charge in [0.25, 0.3) is 5.91 Å². The number of amides is 1. The number of rotatable bonds is 7. The molecule has 2 aromatic rings. The van der Waals surface area contributed by atoms with Crippen molar-refractivity contribution in [2.45, 2.75) is 45.2 Å². The van der Waals surface area contributed by atoms with E-state index in [1.165, 1.54) is 5.56 Å². The summed E-state index contributed by atoms with van der Waals surface area (Å²) in [6.07, 6.45) is 1.73. The van der Waals surface area contributed by atoms with E-state index in [1.807, 2.05) is 24.3 Å². The number of benzene rings is 2. The lowest BCUT2D eigenvalue weighted by Crippen LogP contribution is -2.36. The van der Waals surface area contributed by atoms with Crippen LogP contribution in [0.4, 0.5) is 8.78 Å². The Hall–Kier alpha value is -2.96. The quantitative estimate of drug-likeness (QED) is 0.706. The normalized spacial score (nSPS) is 13.4. The minimum Gasteiger partial charge on any atom is -0.508 e. The Morgan fingerprint density at radius 2 is 1.72 bits per heavy atom. The number of aromatic hydroxyl groups is 1. The summed E-state index contributed by atoms with van der Waals surface area (Å²) in [6, 6.07) is 9.26. The molecule has 7 heteroatoms. The van der Waals surface area contributed by atoms with Crippen LogP contribution in [0.3, 0.4) is 0 Å². The van der Waals surface area contributed by atoms with Gasteiger partial charge in [0, 0.05) is 24.7 Å². The average Bonchev–Trinajstić information content (AvgIpc) is 3.48. The van der Waals surface area contributed by atoms with Gasteiger partial charge in [0.15, 0.2) is 6.61 Å². The van der Waals surface area contributed by atoms with E-state index >= 15 is 0 Å². The zero-order valence-electron chi connectivity index (χ0n) is 16.3. The Balaban J connectivity index is 1.64. The van der Waals surface area contributed by atoms with Gasteiger partial charge in [-0.3, -0.25) is 4.79 Å². The van der Waals surface area contributed by atoms with Gasteiger partial charge in [-0.1, -0.05) is 38.1 Å². The number of carbonyl (C=O) groups excluding carboxylic acids is 2. The van der Waals surface area contributed by atoms with Gasteiger partial charge >= 0.3 is 5.97 Å². The number of phenolic OH excluding ortho intramolecular Hbond substituents is 1. The highest BCUT2D eigenvalue weighted by molar-refractivity contribution is 5.92. The predicted octanol–water partition coefficient (Wildman–Crippen LogP) is 4.14. The lowest BCUT2D eigenvalue weighted by atomic mass is 10.0. The molecule has 1 aliphatic rings. The Morgan fingerprint density at radius 3 is 2.24 bits per heavy atom. The second-order valence-electron chi connectivity index (χ2n) is 7.51. The van der Waals surface area contributed by atoms with Crippen LogP contribution in [0.15, 0.2) is 36.4 Å².